The third-order valence-electron chi connectivity index (χ3n) is 4.24. The zero-order valence-electron chi connectivity index (χ0n) is 14.8. The Bertz CT molecular complexity index is 1080. The largest absolute Gasteiger partial charge is 0.502 e. The van der Waals surface area contributed by atoms with Gasteiger partial charge in [0.2, 0.25) is 5.75 Å². The molecule has 1 aromatic heterocycles. The lowest BCUT2D eigenvalue weighted by Gasteiger charge is -2.10. The van der Waals surface area contributed by atoms with Crippen LogP contribution in [0.4, 0.5) is 5.69 Å². The Labute approximate surface area is 164 Å². The summed E-state index contributed by atoms with van der Waals surface area (Å²) in [7, 11) is 1.25. The predicted octanol–water partition coefficient (Wildman–Crippen LogP) is 3.64. The van der Waals surface area contributed by atoms with E-state index in [4.69, 9.17) is 16.3 Å². The number of aromatic hydroxyl groups is 1. The number of carbonyl (C=O) groups excluding carboxylic acids is 1. The van der Waals surface area contributed by atoms with Gasteiger partial charge in [0, 0.05) is 46.4 Å². The van der Waals surface area contributed by atoms with Gasteiger partial charge in [-0.05, 0) is 17.7 Å². The number of hydrogen-bond donors (Lipinski definition) is 2. The molecule has 0 amide bonds. The summed E-state index contributed by atoms with van der Waals surface area (Å²) in [6.45, 7) is 0. The maximum atomic E-state index is 12.2. The first-order valence-electron chi connectivity index (χ1n) is 8.23. The zero-order valence-corrected chi connectivity index (χ0v) is 15.5. The van der Waals surface area contributed by atoms with Gasteiger partial charge in [-0.15, -0.1) is 0 Å². The van der Waals surface area contributed by atoms with Crippen molar-refractivity contribution in [2.45, 2.75) is 12.5 Å². The van der Waals surface area contributed by atoms with Crippen molar-refractivity contribution < 1.29 is 19.6 Å². The van der Waals surface area contributed by atoms with Gasteiger partial charge in [-0.3, -0.25) is 15.1 Å². The number of nitro groups is 1. The molecular formula is C19H16ClN3O5. The number of aromatic amines is 1. The molecule has 0 aliphatic carbocycles. The smallest absolute Gasteiger partial charge is 0.330 e. The third kappa shape index (κ3) is 3.96. The number of para-hydroxylation sites is 1. The van der Waals surface area contributed by atoms with E-state index < -0.39 is 28.4 Å². The summed E-state index contributed by atoms with van der Waals surface area (Å²) < 4.78 is 4.82. The van der Waals surface area contributed by atoms with Gasteiger partial charge in [0.15, 0.2) is 6.04 Å². The number of hydrogen-bond acceptors (Lipinski definition) is 6. The number of carbonyl (C=O) groups is 1. The summed E-state index contributed by atoms with van der Waals surface area (Å²) in [6, 6.07) is 9.09. The molecule has 0 fully saturated rings. The molecular weight excluding hydrogens is 386 g/mol. The molecule has 0 radical (unpaired) electrons. The number of rotatable bonds is 6. The molecule has 0 spiro atoms. The third-order valence-corrected chi connectivity index (χ3v) is 4.45. The molecule has 0 aliphatic heterocycles. The van der Waals surface area contributed by atoms with Crippen molar-refractivity contribution in [1.82, 2.24) is 4.98 Å². The van der Waals surface area contributed by atoms with E-state index in [9.17, 15) is 20.0 Å². The van der Waals surface area contributed by atoms with Gasteiger partial charge in [-0.1, -0.05) is 29.8 Å². The van der Waals surface area contributed by atoms with E-state index in [1.54, 1.807) is 6.20 Å². The molecule has 0 saturated carbocycles. The number of aliphatic imine (C=N–C) groups is 1. The molecule has 1 heterocycles. The molecule has 144 valence electrons. The van der Waals surface area contributed by atoms with Crippen LogP contribution >= 0.6 is 11.6 Å². The number of aromatic nitrogens is 1. The number of H-pyrrole nitrogens is 1. The predicted molar refractivity (Wildman–Crippen MR) is 105 cm³/mol. The minimum absolute atomic E-state index is 0.0343. The lowest BCUT2D eigenvalue weighted by atomic mass is 10.1. The van der Waals surface area contributed by atoms with Gasteiger partial charge in [-0.2, -0.15) is 0 Å². The van der Waals surface area contributed by atoms with Gasteiger partial charge < -0.3 is 14.8 Å². The molecule has 0 saturated heterocycles. The molecule has 0 aliphatic rings. The van der Waals surface area contributed by atoms with Crippen molar-refractivity contribution in [1.29, 1.82) is 0 Å². The monoisotopic (exact) mass is 401 g/mol. The Morgan fingerprint density at radius 1 is 1.43 bits per heavy atom. The van der Waals surface area contributed by atoms with E-state index >= 15 is 0 Å². The van der Waals surface area contributed by atoms with Crippen molar-refractivity contribution in [2.24, 2.45) is 4.99 Å². The molecule has 3 aromatic rings. The van der Waals surface area contributed by atoms with Crippen molar-refractivity contribution in [2.75, 3.05) is 7.11 Å². The van der Waals surface area contributed by atoms with Crippen LogP contribution in [0.3, 0.4) is 0 Å². The summed E-state index contributed by atoms with van der Waals surface area (Å²) in [4.78, 5) is 29.8. The van der Waals surface area contributed by atoms with Crippen molar-refractivity contribution in [3.8, 4) is 5.75 Å². The second kappa shape index (κ2) is 8.10. The fraction of sp³-hybridized carbons (Fsp3) is 0.158. The number of nitrogens with zero attached hydrogens (tertiary/aromatic N) is 2. The van der Waals surface area contributed by atoms with Gasteiger partial charge in [-0.25, -0.2) is 4.79 Å². The van der Waals surface area contributed by atoms with Crippen LogP contribution in [-0.2, 0) is 16.0 Å². The highest BCUT2D eigenvalue weighted by molar-refractivity contribution is 6.31. The molecule has 9 heteroatoms. The Morgan fingerprint density at radius 3 is 2.89 bits per heavy atom. The van der Waals surface area contributed by atoms with Crippen LogP contribution in [0.2, 0.25) is 5.02 Å². The minimum Gasteiger partial charge on any atom is -0.502 e. The van der Waals surface area contributed by atoms with E-state index in [1.807, 2.05) is 24.3 Å². The molecule has 0 bridgehead atoms. The van der Waals surface area contributed by atoms with E-state index in [0.717, 1.165) is 22.5 Å². The fourth-order valence-corrected chi connectivity index (χ4v) is 3.08. The first-order valence-corrected chi connectivity index (χ1v) is 8.61. The van der Waals surface area contributed by atoms with Crippen LogP contribution in [0.5, 0.6) is 5.75 Å². The van der Waals surface area contributed by atoms with Gasteiger partial charge >= 0.3 is 11.7 Å². The highest BCUT2D eigenvalue weighted by Gasteiger charge is 2.22. The van der Waals surface area contributed by atoms with E-state index in [-0.39, 0.29) is 17.0 Å². The van der Waals surface area contributed by atoms with E-state index in [0.29, 0.717) is 0 Å². The normalized spacial score (nSPS) is 12.4. The maximum Gasteiger partial charge on any atom is 0.330 e. The zero-order chi connectivity index (χ0) is 20.3. The second-order valence-corrected chi connectivity index (χ2v) is 6.44. The quantitative estimate of drug-likeness (QED) is 0.283. The SMILES string of the molecule is COC(=O)[C@@H](Cc1c[nH]c2ccccc12)N=Cc1cc(Cl)cc([N+](=O)[O-])c1O. The average molecular weight is 402 g/mol. The van der Waals surface area contributed by atoms with Crippen molar-refractivity contribution in [3.63, 3.8) is 0 Å². The minimum atomic E-state index is -0.901. The van der Waals surface area contributed by atoms with E-state index in [2.05, 4.69) is 9.98 Å². The van der Waals surface area contributed by atoms with Crippen LogP contribution in [0.15, 0.2) is 47.6 Å². The number of methoxy groups -OCH3 is 1. The summed E-state index contributed by atoms with van der Waals surface area (Å²) in [6.07, 6.45) is 3.22. The number of halogens is 1. The van der Waals surface area contributed by atoms with Gasteiger partial charge in [0.25, 0.3) is 0 Å². The van der Waals surface area contributed by atoms with Gasteiger partial charge in [0.05, 0.1) is 12.0 Å². The number of benzene rings is 2. The average Bonchev–Trinajstić information content (AvgIpc) is 3.09. The maximum absolute atomic E-state index is 12.2. The lowest BCUT2D eigenvalue weighted by molar-refractivity contribution is -0.385. The molecule has 1 atom stereocenters. The molecule has 2 aromatic carbocycles. The number of phenols is 1. The molecule has 28 heavy (non-hydrogen) atoms. The first-order chi connectivity index (χ1) is 13.4. The summed E-state index contributed by atoms with van der Waals surface area (Å²) >= 11 is 5.88. The molecule has 8 nitrogen and oxygen atoms in total. The first kappa shape index (κ1) is 19.4. The molecule has 3 rings (SSSR count). The van der Waals surface area contributed by atoms with Crippen LogP contribution in [0.25, 0.3) is 10.9 Å². The highest BCUT2D eigenvalue weighted by Crippen LogP contribution is 2.32. The Morgan fingerprint density at radius 2 is 2.18 bits per heavy atom. The van der Waals surface area contributed by atoms with Crippen LogP contribution < -0.4 is 0 Å². The lowest BCUT2D eigenvalue weighted by Crippen LogP contribution is -2.23. The number of fused-ring (bicyclic) bond motifs is 1. The van der Waals surface area contributed by atoms with E-state index in [1.165, 1.54) is 19.4 Å². The van der Waals surface area contributed by atoms with Crippen LogP contribution in [0, 0.1) is 10.1 Å². The summed E-state index contributed by atoms with van der Waals surface area (Å²) in [5.41, 5.74) is 1.28. The Kier molecular flexibility index (Phi) is 5.60. The molecule has 0 unspecified atom stereocenters. The number of esters is 1. The molecule has 2 N–H and O–H groups in total. The Balaban J connectivity index is 1.94. The number of ether oxygens (including phenoxy) is 1. The standard InChI is InChI=1S/C19H16ClN3O5/c1-28-19(25)16(7-11-9-21-15-5-3-2-4-14(11)15)22-10-12-6-13(20)8-17(18(12)24)23(26)27/h2-6,8-10,16,21,24H,7H2,1H3/t16-/m1/s1. The topological polar surface area (TPSA) is 118 Å². The highest BCUT2D eigenvalue weighted by atomic mass is 35.5. The second-order valence-electron chi connectivity index (χ2n) is 6.00. The van der Waals surface area contributed by atoms with Crippen LogP contribution in [-0.4, -0.2) is 40.3 Å². The number of phenolic OH excluding ortho intramolecular Hbond substituents is 1. The van der Waals surface area contributed by atoms with Gasteiger partial charge in [0.1, 0.15) is 0 Å². The summed E-state index contributed by atoms with van der Waals surface area (Å²) in [5.74, 6) is -1.15. The Hall–Kier alpha value is -3.39. The van der Waals surface area contributed by atoms with Crippen molar-refractivity contribution in [3.05, 3.63) is 68.9 Å². The fourth-order valence-electron chi connectivity index (χ4n) is 2.86. The number of nitro benzene ring substituents is 1. The summed E-state index contributed by atoms with van der Waals surface area (Å²) in [5, 5.41) is 22.1. The van der Waals surface area contributed by atoms with Crippen LogP contribution in [0.1, 0.15) is 11.1 Å². The number of nitrogens with one attached hydrogen (secondary N) is 1. The van der Waals surface area contributed by atoms with Crippen molar-refractivity contribution >= 4 is 40.4 Å².